The van der Waals surface area contributed by atoms with E-state index in [2.05, 4.69) is 40.5 Å². The highest BCUT2D eigenvalue weighted by atomic mass is 16.3. The second-order valence-corrected chi connectivity index (χ2v) is 5.52. The zero-order valence-corrected chi connectivity index (χ0v) is 11.9. The Labute approximate surface area is 119 Å². The molecule has 0 aliphatic heterocycles. The Morgan fingerprint density at radius 1 is 1.10 bits per heavy atom. The third kappa shape index (κ3) is 2.31. The maximum absolute atomic E-state index is 9.88. The van der Waals surface area contributed by atoms with Crippen LogP contribution in [0.2, 0.25) is 0 Å². The van der Waals surface area contributed by atoms with Crippen LogP contribution in [-0.2, 0) is 6.42 Å². The van der Waals surface area contributed by atoms with Gasteiger partial charge in [0.25, 0.3) is 0 Å². The third-order valence-electron chi connectivity index (χ3n) is 3.97. The van der Waals surface area contributed by atoms with E-state index in [-0.39, 0.29) is 0 Å². The summed E-state index contributed by atoms with van der Waals surface area (Å²) in [4.78, 5) is 2.09. The van der Waals surface area contributed by atoms with Crippen LogP contribution >= 0.6 is 0 Å². The highest BCUT2D eigenvalue weighted by Crippen LogP contribution is 2.38. The van der Waals surface area contributed by atoms with Gasteiger partial charge in [-0.3, -0.25) is 0 Å². The van der Waals surface area contributed by atoms with E-state index in [1.165, 1.54) is 11.3 Å². The highest BCUT2D eigenvalue weighted by molar-refractivity contribution is 5.56. The molecule has 1 aliphatic carbocycles. The predicted molar refractivity (Wildman–Crippen MR) is 83.6 cm³/mol. The van der Waals surface area contributed by atoms with Crippen LogP contribution < -0.4 is 10.2 Å². The van der Waals surface area contributed by atoms with Gasteiger partial charge in [-0.15, -0.1) is 0 Å². The molecule has 3 nitrogen and oxygen atoms in total. The van der Waals surface area contributed by atoms with E-state index in [4.69, 9.17) is 0 Å². The molecule has 0 spiro atoms. The lowest BCUT2D eigenvalue weighted by molar-refractivity contribution is 0.469. The zero-order valence-electron chi connectivity index (χ0n) is 11.9. The van der Waals surface area contributed by atoms with Crippen molar-refractivity contribution >= 4 is 11.4 Å². The number of rotatable bonds is 3. The molecule has 104 valence electrons. The van der Waals surface area contributed by atoms with Gasteiger partial charge in [-0.2, -0.15) is 0 Å². The summed E-state index contributed by atoms with van der Waals surface area (Å²) in [6, 6.07) is 14.5. The van der Waals surface area contributed by atoms with E-state index in [0.717, 1.165) is 24.1 Å². The smallest absolute Gasteiger partial charge is 0.119 e. The standard InChI is InChI=1S/C17H20N2O/c1-19(2)13-8-6-12(7-9-13)18-16-11-10-15-14(16)4-3-5-17(15)20/h3-9,16,18,20H,10-11H2,1-2H3. The van der Waals surface area contributed by atoms with Crippen molar-refractivity contribution in [3.8, 4) is 5.75 Å². The molecule has 0 amide bonds. The van der Waals surface area contributed by atoms with Gasteiger partial charge >= 0.3 is 0 Å². The number of anilines is 2. The zero-order chi connectivity index (χ0) is 14.1. The lowest BCUT2D eigenvalue weighted by Gasteiger charge is -2.17. The minimum Gasteiger partial charge on any atom is -0.508 e. The van der Waals surface area contributed by atoms with Crippen LogP contribution in [0.5, 0.6) is 5.75 Å². The summed E-state index contributed by atoms with van der Waals surface area (Å²) in [7, 11) is 4.08. The molecule has 2 aromatic carbocycles. The van der Waals surface area contributed by atoms with Crippen LogP contribution in [0.4, 0.5) is 11.4 Å². The second-order valence-electron chi connectivity index (χ2n) is 5.52. The van der Waals surface area contributed by atoms with Gasteiger partial charge in [-0.25, -0.2) is 0 Å². The predicted octanol–water partition coefficient (Wildman–Crippen LogP) is 3.56. The molecule has 0 fully saturated rings. The fourth-order valence-corrected chi connectivity index (χ4v) is 2.84. The van der Waals surface area contributed by atoms with Crippen LogP contribution in [0.25, 0.3) is 0 Å². The largest absolute Gasteiger partial charge is 0.508 e. The number of benzene rings is 2. The summed E-state index contributed by atoms with van der Waals surface area (Å²) in [6.45, 7) is 0. The van der Waals surface area contributed by atoms with Crippen LogP contribution in [0.1, 0.15) is 23.6 Å². The number of phenolic OH excluding ortho intramolecular Hbond substituents is 1. The van der Waals surface area contributed by atoms with Crippen molar-refractivity contribution in [2.24, 2.45) is 0 Å². The van der Waals surface area contributed by atoms with Crippen molar-refractivity contribution in [1.82, 2.24) is 0 Å². The summed E-state index contributed by atoms with van der Waals surface area (Å²) < 4.78 is 0. The molecule has 2 N–H and O–H groups in total. The maximum Gasteiger partial charge on any atom is 0.119 e. The first kappa shape index (κ1) is 12.9. The minimum absolute atomic E-state index is 0.294. The van der Waals surface area contributed by atoms with Crippen molar-refractivity contribution in [3.05, 3.63) is 53.6 Å². The van der Waals surface area contributed by atoms with E-state index in [1.54, 1.807) is 6.07 Å². The number of phenols is 1. The van der Waals surface area contributed by atoms with Crippen LogP contribution in [0, 0.1) is 0 Å². The van der Waals surface area contributed by atoms with Gasteiger partial charge in [0, 0.05) is 25.5 Å². The van der Waals surface area contributed by atoms with Crippen LogP contribution in [0.3, 0.4) is 0 Å². The molecule has 1 unspecified atom stereocenters. The highest BCUT2D eigenvalue weighted by Gasteiger charge is 2.24. The average molecular weight is 268 g/mol. The number of hydrogen-bond acceptors (Lipinski definition) is 3. The van der Waals surface area contributed by atoms with Crippen molar-refractivity contribution in [2.75, 3.05) is 24.3 Å². The van der Waals surface area contributed by atoms with E-state index in [1.807, 2.05) is 20.2 Å². The van der Waals surface area contributed by atoms with E-state index in [0.29, 0.717) is 11.8 Å². The topological polar surface area (TPSA) is 35.5 Å². The quantitative estimate of drug-likeness (QED) is 0.893. The Bertz CT molecular complexity index is 605. The van der Waals surface area contributed by atoms with Crippen LogP contribution in [0.15, 0.2) is 42.5 Å². The van der Waals surface area contributed by atoms with Gasteiger partial charge in [-0.05, 0) is 54.3 Å². The average Bonchev–Trinajstić information content (AvgIpc) is 2.84. The maximum atomic E-state index is 9.88. The molecule has 2 aromatic rings. The molecule has 0 radical (unpaired) electrons. The molecule has 0 saturated carbocycles. The molecule has 20 heavy (non-hydrogen) atoms. The lowest BCUT2D eigenvalue weighted by Crippen LogP contribution is -2.09. The van der Waals surface area contributed by atoms with Gasteiger partial charge in [0.1, 0.15) is 5.75 Å². The summed E-state index contributed by atoms with van der Waals surface area (Å²) >= 11 is 0. The van der Waals surface area contributed by atoms with Gasteiger partial charge in [0.15, 0.2) is 0 Å². The summed E-state index contributed by atoms with van der Waals surface area (Å²) in [6.07, 6.45) is 1.97. The molecule has 0 saturated heterocycles. The van der Waals surface area contributed by atoms with Gasteiger partial charge in [0.2, 0.25) is 0 Å². The Morgan fingerprint density at radius 2 is 1.85 bits per heavy atom. The molecule has 0 heterocycles. The van der Waals surface area contributed by atoms with Gasteiger partial charge in [0.05, 0.1) is 6.04 Å². The molecule has 0 aromatic heterocycles. The Morgan fingerprint density at radius 3 is 2.55 bits per heavy atom. The number of nitrogens with zero attached hydrogens (tertiary/aromatic N) is 1. The molecule has 3 rings (SSSR count). The molecular weight excluding hydrogens is 248 g/mol. The number of nitrogens with one attached hydrogen (secondary N) is 1. The lowest BCUT2D eigenvalue weighted by atomic mass is 10.1. The summed E-state index contributed by atoms with van der Waals surface area (Å²) in [5.74, 6) is 0.426. The van der Waals surface area contributed by atoms with Gasteiger partial charge < -0.3 is 15.3 Å². The van der Waals surface area contributed by atoms with Crippen molar-refractivity contribution in [1.29, 1.82) is 0 Å². The fraction of sp³-hybridized carbons (Fsp3) is 0.294. The molecule has 3 heteroatoms. The number of fused-ring (bicyclic) bond motifs is 1. The monoisotopic (exact) mass is 268 g/mol. The molecule has 1 atom stereocenters. The fourth-order valence-electron chi connectivity index (χ4n) is 2.84. The van der Waals surface area contributed by atoms with Crippen molar-refractivity contribution < 1.29 is 5.11 Å². The van der Waals surface area contributed by atoms with Gasteiger partial charge in [-0.1, -0.05) is 12.1 Å². The minimum atomic E-state index is 0.294. The summed E-state index contributed by atoms with van der Waals surface area (Å²) in [5.41, 5.74) is 4.63. The number of aromatic hydroxyl groups is 1. The first-order valence-electron chi connectivity index (χ1n) is 7.00. The first-order valence-corrected chi connectivity index (χ1v) is 7.00. The SMILES string of the molecule is CN(C)c1ccc(NC2CCc3c(O)cccc32)cc1. The Hall–Kier alpha value is -2.16. The van der Waals surface area contributed by atoms with E-state index < -0.39 is 0 Å². The Kier molecular flexibility index (Phi) is 3.26. The van der Waals surface area contributed by atoms with Crippen molar-refractivity contribution in [3.63, 3.8) is 0 Å². The molecule has 0 bridgehead atoms. The van der Waals surface area contributed by atoms with E-state index >= 15 is 0 Å². The molecule has 1 aliphatic rings. The first-order chi connectivity index (χ1) is 9.65. The van der Waals surface area contributed by atoms with E-state index in [9.17, 15) is 5.11 Å². The molecular formula is C17H20N2O. The number of hydrogen-bond donors (Lipinski definition) is 2. The van der Waals surface area contributed by atoms with Crippen LogP contribution in [-0.4, -0.2) is 19.2 Å². The second kappa shape index (κ2) is 5.08. The Balaban J connectivity index is 1.79. The van der Waals surface area contributed by atoms with Crippen molar-refractivity contribution in [2.45, 2.75) is 18.9 Å². The summed E-state index contributed by atoms with van der Waals surface area (Å²) in [5, 5.41) is 13.4. The third-order valence-corrected chi connectivity index (χ3v) is 3.97. The normalized spacial score (nSPS) is 16.8.